The predicted octanol–water partition coefficient (Wildman–Crippen LogP) is 3.30. The Labute approximate surface area is 165 Å². The van der Waals surface area contributed by atoms with Crippen LogP contribution in [0.1, 0.15) is 11.4 Å². The summed E-state index contributed by atoms with van der Waals surface area (Å²) in [6, 6.07) is 17.7. The number of carbonyl (C=O) groups is 1. The van der Waals surface area contributed by atoms with Crippen molar-refractivity contribution in [1.29, 1.82) is 0 Å². The number of aromatic nitrogens is 4. The molecule has 7 nitrogen and oxygen atoms in total. The summed E-state index contributed by atoms with van der Waals surface area (Å²) in [5.74, 6) is 0.753. The van der Waals surface area contributed by atoms with Crippen LogP contribution in [-0.2, 0) is 4.79 Å². The standard InChI is InChI=1S/C20H18N6OS/c1-14-23-25-20(26(14)16-7-3-2-4-8-16)28-13-19(27)24-22-12-15-11-21-18-10-6-5-9-17(15)18/h2-12,21H,13H2,1H3,(H,24,27)/b22-12-. The van der Waals surface area contributed by atoms with Crippen molar-refractivity contribution in [2.45, 2.75) is 12.1 Å². The first-order valence-electron chi connectivity index (χ1n) is 8.70. The topological polar surface area (TPSA) is 88.0 Å². The third kappa shape index (κ3) is 3.81. The van der Waals surface area contributed by atoms with Crippen molar-refractivity contribution in [2.24, 2.45) is 5.10 Å². The fourth-order valence-corrected chi connectivity index (χ4v) is 3.64. The molecule has 0 bridgehead atoms. The van der Waals surface area contributed by atoms with Gasteiger partial charge in [-0.2, -0.15) is 5.10 Å². The molecule has 1 amide bonds. The van der Waals surface area contributed by atoms with E-state index in [9.17, 15) is 4.79 Å². The number of benzene rings is 2. The molecule has 0 saturated carbocycles. The Hall–Kier alpha value is -3.39. The van der Waals surface area contributed by atoms with E-state index in [0.717, 1.165) is 28.0 Å². The molecule has 0 aliphatic carbocycles. The minimum absolute atomic E-state index is 0.191. The Balaban J connectivity index is 1.38. The maximum atomic E-state index is 12.2. The fourth-order valence-electron chi connectivity index (χ4n) is 2.85. The van der Waals surface area contributed by atoms with Gasteiger partial charge in [0.25, 0.3) is 5.91 Å². The number of hydrazone groups is 1. The Morgan fingerprint density at radius 3 is 2.82 bits per heavy atom. The summed E-state index contributed by atoms with van der Waals surface area (Å²) in [6.07, 6.45) is 3.50. The average Bonchev–Trinajstić information content (AvgIpc) is 3.30. The number of H-pyrrole nitrogens is 1. The van der Waals surface area contributed by atoms with E-state index in [2.05, 4.69) is 25.7 Å². The third-order valence-corrected chi connectivity index (χ3v) is 5.08. The van der Waals surface area contributed by atoms with Gasteiger partial charge in [-0.25, -0.2) is 5.43 Å². The van der Waals surface area contributed by atoms with Gasteiger partial charge >= 0.3 is 0 Å². The number of hydrogen-bond donors (Lipinski definition) is 2. The minimum Gasteiger partial charge on any atom is -0.361 e. The maximum Gasteiger partial charge on any atom is 0.250 e. The molecule has 4 rings (SSSR count). The van der Waals surface area contributed by atoms with E-state index in [1.807, 2.05) is 72.3 Å². The number of thioether (sulfide) groups is 1. The Kier molecular flexibility index (Phi) is 5.20. The number of aromatic amines is 1. The number of amides is 1. The van der Waals surface area contributed by atoms with Crippen LogP contribution >= 0.6 is 11.8 Å². The van der Waals surface area contributed by atoms with Crippen molar-refractivity contribution in [3.63, 3.8) is 0 Å². The van der Waals surface area contributed by atoms with Crippen molar-refractivity contribution in [1.82, 2.24) is 25.2 Å². The number of fused-ring (bicyclic) bond motifs is 1. The lowest BCUT2D eigenvalue weighted by atomic mass is 10.2. The van der Waals surface area contributed by atoms with Crippen molar-refractivity contribution >= 4 is 34.8 Å². The molecule has 2 heterocycles. The second-order valence-corrected chi connectivity index (χ2v) is 7.01. The Morgan fingerprint density at radius 2 is 1.96 bits per heavy atom. The monoisotopic (exact) mass is 390 g/mol. The van der Waals surface area contributed by atoms with Crippen LogP contribution in [-0.4, -0.2) is 37.6 Å². The highest BCUT2D eigenvalue weighted by Crippen LogP contribution is 2.21. The summed E-state index contributed by atoms with van der Waals surface area (Å²) in [6.45, 7) is 1.88. The predicted molar refractivity (Wildman–Crippen MR) is 111 cm³/mol. The molecular formula is C20H18N6OS. The van der Waals surface area contributed by atoms with E-state index < -0.39 is 0 Å². The number of rotatable bonds is 6. The van der Waals surface area contributed by atoms with Gasteiger partial charge in [0.15, 0.2) is 5.16 Å². The summed E-state index contributed by atoms with van der Waals surface area (Å²) >= 11 is 1.32. The molecular weight excluding hydrogens is 372 g/mol. The van der Waals surface area contributed by atoms with Crippen LogP contribution in [0.4, 0.5) is 0 Å². The van der Waals surface area contributed by atoms with Gasteiger partial charge in [0, 0.05) is 28.4 Å². The van der Waals surface area contributed by atoms with Crippen molar-refractivity contribution < 1.29 is 4.79 Å². The van der Waals surface area contributed by atoms with Gasteiger partial charge in [-0.3, -0.25) is 9.36 Å². The van der Waals surface area contributed by atoms with Gasteiger partial charge in [-0.1, -0.05) is 48.2 Å². The molecule has 8 heteroatoms. The zero-order valence-electron chi connectivity index (χ0n) is 15.2. The fraction of sp³-hybridized carbons (Fsp3) is 0.100. The number of para-hydroxylation sites is 2. The molecule has 28 heavy (non-hydrogen) atoms. The zero-order chi connectivity index (χ0) is 19.3. The highest BCUT2D eigenvalue weighted by molar-refractivity contribution is 7.99. The van der Waals surface area contributed by atoms with Crippen LogP contribution in [0.15, 0.2) is 71.1 Å². The van der Waals surface area contributed by atoms with Gasteiger partial charge in [0.2, 0.25) is 0 Å². The SMILES string of the molecule is Cc1nnc(SCC(=O)N/N=C\c2c[nH]c3ccccc23)n1-c1ccccc1. The largest absolute Gasteiger partial charge is 0.361 e. The molecule has 2 aromatic heterocycles. The quantitative estimate of drug-likeness (QED) is 0.300. The van der Waals surface area contributed by atoms with E-state index in [4.69, 9.17) is 0 Å². The first kappa shape index (κ1) is 18.0. The molecule has 0 fully saturated rings. The molecule has 140 valence electrons. The molecule has 0 atom stereocenters. The molecule has 0 saturated heterocycles. The molecule has 0 radical (unpaired) electrons. The minimum atomic E-state index is -0.207. The van der Waals surface area contributed by atoms with Crippen LogP contribution in [0.5, 0.6) is 0 Å². The maximum absolute atomic E-state index is 12.2. The molecule has 2 N–H and O–H groups in total. The highest BCUT2D eigenvalue weighted by atomic mass is 32.2. The lowest BCUT2D eigenvalue weighted by molar-refractivity contribution is -0.118. The third-order valence-electron chi connectivity index (χ3n) is 4.16. The molecule has 4 aromatic rings. The molecule has 0 spiro atoms. The van der Waals surface area contributed by atoms with Gasteiger partial charge in [0.1, 0.15) is 5.82 Å². The smallest absolute Gasteiger partial charge is 0.250 e. The van der Waals surface area contributed by atoms with Gasteiger partial charge < -0.3 is 4.98 Å². The summed E-state index contributed by atoms with van der Waals surface area (Å²) < 4.78 is 1.92. The average molecular weight is 390 g/mol. The summed E-state index contributed by atoms with van der Waals surface area (Å²) in [4.78, 5) is 15.3. The number of aryl methyl sites for hydroxylation is 1. The Bertz CT molecular complexity index is 1130. The molecule has 0 aliphatic heterocycles. The van der Waals surface area contributed by atoms with Crippen molar-refractivity contribution in [3.8, 4) is 5.69 Å². The van der Waals surface area contributed by atoms with Crippen LogP contribution in [0, 0.1) is 6.92 Å². The second kappa shape index (κ2) is 8.10. The number of carbonyl (C=O) groups excluding carboxylic acids is 1. The van der Waals surface area contributed by atoms with Crippen LogP contribution in [0.3, 0.4) is 0 Å². The van der Waals surface area contributed by atoms with E-state index in [1.54, 1.807) is 6.21 Å². The summed E-state index contributed by atoms with van der Waals surface area (Å²) in [7, 11) is 0. The molecule has 2 aromatic carbocycles. The summed E-state index contributed by atoms with van der Waals surface area (Å²) in [5, 5.41) is 14.1. The Morgan fingerprint density at radius 1 is 1.18 bits per heavy atom. The van der Waals surface area contributed by atoms with Gasteiger partial charge in [-0.15, -0.1) is 10.2 Å². The zero-order valence-corrected chi connectivity index (χ0v) is 16.0. The van der Waals surface area contributed by atoms with Crippen LogP contribution in [0.2, 0.25) is 0 Å². The van der Waals surface area contributed by atoms with Crippen LogP contribution in [0.25, 0.3) is 16.6 Å². The first-order valence-corrected chi connectivity index (χ1v) is 9.69. The molecule has 0 aliphatic rings. The molecule has 0 unspecified atom stereocenters. The second-order valence-electron chi connectivity index (χ2n) is 6.07. The lowest BCUT2D eigenvalue weighted by Crippen LogP contribution is -2.20. The normalized spacial score (nSPS) is 11.3. The van der Waals surface area contributed by atoms with Crippen molar-refractivity contribution in [2.75, 3.05) is 5.75 Å². The van der Waals surface area contributed by atoms with E-state index in [0.29, 0.717) is 5.16 Å². The number of nitrogens with one attached hydrogen (secondary N) is 2. The number of hydrogen-bond acceptors (Lipinski definition) is 5. The van der Waals surface area contributed by atoms with E-state index in [-0.39, 0.29) is 11.7 Å². The van der Waals surface area contributed by atoms with E-state index >= 15 is 0 Å². The van der Waals surface area contributed by atoms with Gasteiger partial charge in [-0.05, 0) is 25.1 Å². The number of nitrogens with zero attached hydrogens (tertiary/aromatic N) is 4. The lowest BCUT2D eigenvalue weighted by Gasteiger charge is -2.07. The van der Waals surface area contributed by atoms with Crippen molar-refractivity contribution in [3.05, 3.63) is 72.2 Å². The highest BCUT2D eigenvalue weighted by Gasteiger charge is 2.13. The van der Waals surface area contributed by atoms with Crippen LogP contribution < -0.4 is 5.43 Å². The summed E-state index contributed by atoms with van der Waals surface area (Å²) in [5.41, 5.74) is 5.47. The van der Waals surface area contributed by atoms with Gasteiger partial charge in [0.05, 0.1) is 12.0 Å². The first-order chi connectivity index (χ1) is 13.7. The van der Waals surface area contributed by atoms with E-state index in [1.165, 1.54) is 11.8 Å².